The van der Waals surface area contributed by atoms with Gasteiger partial charge < -0.3 is 9.47 Å². The van der Waals surface area contributed by atoms with Gasteiger partial charge in [0.2, 0.25) is 5.91 Å². The number of carbonyl (C=O) groups is 1. The van der Waals surface area contributed by atoms with Crippen LogP contribution in [0.4, 0.5) is 0 Å². The number of piperidine rings is 1. The van der Waals surface area contributed by atoms with Crippen LogP contribution in [0.1, 0.15) is 35.9 Å². The SMILES string of the molecule is O=C(C(c1ccccc1)c1ccccc1)N1CCC[C@H](n2ccnc2)C1. The molecule has 0 bridgehead atoms. The number of benzene rings is 2. The van der Waals surface area contributed by atoms with E-state index in [-0.39, 0.29) is 11.8 Å². The van der Waals surface area contributed by atoms with Crippen molar-refractivity contribution >= 4 is 5.91 Å². The molecule has 0 N–H and O–H groups in total. The topological polar surface area (TPSA) is 38.1 Å². The third-order valence-corrected chi connectivity index (χ3v) is 5.17. The fraction of sp³-hybridized carbons (Fsp3) is 0.273. The van der Waals surface area contributed by atoms with E-state index >= 15 is 0 Å². The summed E-state index contributed by atoms with van der Waals surface area (Å²) in [7, 11) is 0. The van der Waals surface area contributed by atoms with Crippen molar-refractivity contribution in [3.05, 3.63) is 90.5 Å². The van der Waals surface area contributed by atoms with Crippen molar-refractivity contribution in [2.24, 2.45) is 0 Å². The molecule has 1 aliphatic rings. The molecular weight excluding hydrogens is 322 g/mol. The lowest BCUT2D eigenvalue weighted by atomic mass is 9.89. The highest BCUT2D eigenvalue weighted by Crippen LogP contribution is 2.30. The van der Waals surface area contributed by atoms with Crippen LogP contribution >= 0.6 is 0 Å². The number of likely N-dealkylation sites (tertiary alicyclic amines) is 1. The molecule has 1 saturated heterocycles. The maximum atomic E-state index is 13.5. The zero-order valence-corrected chi connectivity index (χ0v) is 14.7. The highest BCUT2D eigenvalue weighted by atomic mass is 16.2. The Balaban J connectivity index is 1.62. The highest BCUT2D eigenvalue weighted by molar-refractivity contribution is 5.87. The van der Waals surface area contributed by atoms with Crippen LogP contribution in [0, 0.1) is 0 Å². The second kappa shape index (κ2) is 7.56. The largest absolute Gasteiger partial charge is 0.340 e. The summed E-state index contributed by atoms with van der Waals surface area (Å²) in [4.78, 5) is 19.7. The highest BCUT2D eigenvalue weighted by Gasteiger charge is 2.31. The molecule has 4 nitrogen and oxygen atoms in total. The molecule has 4 heteroatoms. The van der Waals surface area contributed by atoms with E-state index in [1.807, 2.05) is 78.1 Å². The molecule has 0 aliphatic carbocycles. The van der Waals surface area contributed by atoms with E-state index in [2.05, 4.69) is 9.55 Å². The van der Waals surface area contributed by atoms with Gasteiger partial charge in [-0.15, -0.1) is 0 Å². The van der Waals surface area contributed by atoms with Crippen molar-refractivity contribution in [1.29, 1.82) is 0 Å². The van der Waals surface area contributed by atoms with E-state index in [0.29, 0.717) is 6.04 Å². The van der Waals surface area contributed by atoms with Gasteiger partial charge in [0.05, 0.1) is 18.3 Å². The number of carbonyl (C=O) groups excluding carboxylic acids is 1. The van der Waals surface area contributed by atoms with Crippen LogP contribution in [0.3, 0.4) is 0 Å². The Morgan fingerprint density at radius 1 is 1.00 bits per heavy atom. The molecule has 0 saturated carbocycles. The Bertz CT molecular complexity index is 791. The number of aromatic nitrogens is 2. The first kappa shape index (κ1) is 16.6. The monoisotopic (exact) mass is 345 g/mol. The fourth-order valence-corrected chi connectivity index (χ4v) is 3.83. The summed E-state index contributed by atoms with van der Waals surface area (Å²) < 4.78 is 2.12. The normalized spacial score (nSPS) is 17.4. The average molecular weight is 345 g/mol. The molecule has 2 heterocycles. The summed E-state index contributed by atoms with van der Waals surface area (Å²) in [5.74, 6) is -0.0637. The smallest absolute Gasteiger partial charge is 0.234 e. The third-order valence-electron chi connectivity index (χ3n) is 5.17. The Morgan fingerprint density at radius 3 is 2.23 bits per heavy atom. The van der Waals surface area contributed by atoms with Gasteiger partial charge in [-0.05, 0) is 24.0 Å². The van der Waals surface area contributed by atoms with Gasteiger partial charge in [0.15, 0.2) is 0 Å². The van der Waals surface area contributed by atoms with Gasteiger partial charge in [-0.2, -0.15) is 0 Å². The van der Waals surface area contributed by atoms with E-state index in [1.165, 1.54) is 0 Å². The average Bonchev–Trinajstić information content (AvgIpc) is 3.25. The minimum Gasteiger partial charge on any atom is -0.340 e. The zero-order valence-electron chi connectivity index (χ0n) is 14.7. The molecule has 1 atom stereocenters. The van der Waals surface area contributed by atoms with Crippen LogP contribution in [0.2, 0.25) is 0 Å². The molecule has 4 rings (SSSR count). The predicted molar refractivity (Wildman–Crippen MR) is 102 cm³/mol. The first-order chi connectivity index (χ1) is 12.8. The van der Waals surface area contributed by atoms with Crippen molar-refractivity contribution in [2.75, 3.05) is 13.1 Å². The van der Waals surface area contributed by atoms with E-state index in [1.54, 1.807) is 6.20 Å². The summed E-state index contributed by atoms with van der Waals surface area (Å²) in [6, 6.07) is 20.5. The Kier molecular flexibility index (Phi) is 4.82. The van der Waals surface area contributed by atoms with E-state index in [0.717, 1.165) is 37.1 Å². The predicted octanol–water partition coefficient (Wildman–Crippen LogP) is 3.88. The van der Waals surface area contributed by atoms with Crippen LogP contribution in [-0.2, 0) is 4.79 Å². The lowest BCUT2D eigenvalue weighted by Gasteiger charge is -2.35. The lowest BCUT2D eigenvalue weighted by molar-refractivity contribution is -0.133. The molecule has 3 aromatic rings. The molecule has 1 amide bonds. The van der Waals surface area contributed by atoms with Crippen molar-refractivity contribution in [2.45, 2.75) is 24.8 Å². The number of amides is 1. The standard InChI is InChI=1S/C22H23N3O/c26-22(24-14-7-12-20(16-24)25-15-13-23-17-25)21(18-8-3-1-4-9-18)19-10-5-2-6-11-19/h1-6,8-11,13,15,17,20-21H,7,12,14,16H2/t20-/m0/s1. The minimum atomic E-state index is -0.251. The van der Waals surface area contributed by atoms with Crippen molar-refractivity contribution in [1.82, 2.24) is 14.5 Å². The van der Waals surface area contributed by atoms with Crippen LogP contribution < -0.4 is 0 Å². The van der Waals surface area contributed by atoms with Crippen LogP contribution in [-0.4, -0.2) is 33.4 Å². The molecule has 0 spiro atoms. The molecule has 1 aromatic heterocycles. The Labute approximate surface area is 154 Å². The van der Waals surface area contributed by atoms with Gasteiger partial charge in [-0.3, -0.25) is 4.79 Å². The van der Waals surface area contributed by atoms with Gasteiger partial charge in [-0.25, -0.2) is 4.98 Å². The summed E-state index contributed by atoms with van der Waals surface area (Å²) in [5, 5.41) is 0. The summed E-state index contributed by atoms with van der Waals surface area (Å²) >= 11 is 0. The van der Waals surface area contributed by atoms with Crippen molar-refractivity contribution in [3.63, 3.8) is 0 Å². The van der Waals surface area contributed by atoms with E-state index in [4.69, 9.17) is 0 Å². The second-order valence-corrected chi connectivity index (χ2v) is 6.84. The first-order valence-electron chi connectivity index (χ1n) is 9.19. The Hall–Kier alpha value is -2.88. The van der Waals surface area contributed by atoms with Gasteiger partial charge in [-0.1, -0.05) is 60.7 Å². The molecule has 132 valence electrons. The van der Waals surface area contributed by atoms with Crippen LogP contribution in [0.25, 0.3) is 0 Å². The van der Waals surface area contributed by atoms with Gasteiger partial charge in [0.1, 0.15) is 0 Å². The van der Waals surface area contributed by atoms with Crippen LogP contribution in [0.5, 0.6) is 0 Å². The van der Waals surface area contributed by atoms with Gasteiger partial charge >= 0.3 is 0 Å². The zero-order chi connectivity index (χ0) is 17.8. The maximum Gasteiger partial charge on any atom is 0.234 e. The number of nitrogens with zero attached hydrogens (tertiary/aromatic N) is 3. The fourth-order valence-electron chi connectivity index (χ4n) is 3.83. The molecule has 26 heavy (non-hydrogen) atoms. The maximum absolute atomic E-state index is 13.5. The number of imidazole rings is 1. The number of hydrogen-bond donors (Lipinski definition) is 0. The molecule has 0 radical (unpaired) electrons. The van der Waals surface area contributed by atoms with Crippen molar-refractivity contribution in [3.8, 4) is 0 Å². The van der Waals surface area contributed by atoms with Gasteiger partial charge in [0.25, 0.3) is 0 Å². The van der Waals surface area contributed by atoms with Gasteiger partial charge in [0, 0.05) is 25.5 Å². The Morgan fingerprint density at radius 2 is 1.65 bits per heavy atom. The van der Waals surface area contributed by atoms with E-state index in [9.17, 15) is 4.79 Å². The molecular formula is C22H23N3O. The quantitative estimate of drug-likeness (QED) is 0.720. The first-order valence-corrected chi connectivity index (χ1v) is 9.19. The summed E-state index contributed by atoms with van der Waals surface area (Å²) in [6.07, 6.45) is 7.75. The molecule has 1 fully saturated rings. The summed E-state index contributed by atoms with van der Waals surface area (Å²) in [6.45, 7) is 1.56. The number of hydrogen-bond acceptors (Lipinski definition) is 2. The van der Waals surface area contributed by atoms with Crippen molar-refractivity contribution < 1.29 is 4.79 Å². The minimum absolute atomic E-state index is 0.187. The number of rotatable bonds is 4. The molecule has 1 aliphatic heterocycles. The summed E-state index contributed by atoms with van der Waals surface area (Å²) in [5.41, 5.74) is 2.10. The third kappa shape index (κ3) is 3.40. The second-order valence-electron chi connectivity index (χ2n) is 6.84. The molecule has 0 unspecified atom stereocenters. The van der Waals surface area contributed by atoms with E-state index < -0.39 is 0 Å². The molecule has 2 aromatic carbocycles. The lowest BCUT2D eigenvalue weighted by Crippen LogP contribution is -2.43. The van der Waals surface area contributed by atoms with Crippen LogP contribution in [0.15, 0.2) is 79.4 Å².